The van der Waals surface area contributed by atoms with Gasteiger partial charge in [-0.3, -0.25) is 4.90 Å². The number of benzene rings is 1. The maximum atomic E-state index is 3.35. The normalized spacial score (nSPS) is 29.6. The van der Waals surface area contributed by atoms with Gasteiger partial charge in [0.15, 0.2) is 0 Å². The van der Waals surface area contributed by atoms with Crippen LogP contribution in [0.25, 0.3) is 0 Å². The molecule has 1 N–H and O–H groups in total. The average molecular weight is 272 g/mol. The lowest BCUT2D eigenvalue weighted by atomic mass is 10.0. The van der Waals surface area contributed by atoms with Crippen LogP contribution in [0, 0.1) is 0 Å². The summed E-state index contributed by atoms with van der Waals surface area (Å²) in [5.74, 6) is 0. The first-order chi connectivity index (χ1) is 9.95. The highest BCUT2D eigenvalue weighted by Gasteiger charge is 2.39. The van der Waals surface area contributed by atoms with Crippen molar-refractivity contribution in [2.45, 2.75) is 57.0 Å². The molecule has 4 rings (SSSR count). The Morgan fingerprint density at radius 1 is 0.850 bits per heavy atom. The van der Waals surface area contributed by atoms with Crippen LogP contribution in [-0.4, -0.2) is 30.6 Å². The second-order valence-electron chi connectivity index (χ2n) is 6.35. The minimum Gasteiger partial charge on any atom is -0.317 e. The summed E-state index contributed by atoms with van der Waals surface area (Å²) in [7, 11) is 0. The van der Waals surface area contributed by atoms with E-state index in [-0.39, 0.29) is 0 Å². The van der Waals surface area contributed by atoms with Crippen molar-refractivity contribution < 1.29 is 0 Å². The predicted octanol–water partition coefficient (Wildman–Crippen LogP) is 3.75. The quantitative estimate of drug-likeness (QED) is 0.837. The van der Waals surface area contributed by atoms with Gasteiger partial charge in [-0.2, -0.15) is 0 Å². The Bertz CT molecular complexity index is 370. The van der Waals surface area contributed by atoms with Gasteiger partial charge in [0.2, 0.25) is 0 Å². The molecule has 2 heteroatoms. The van der Waals surface area contributed by atoms with Crippen LogP contribution in [0.3, 0.4) is 0 Å². The highest BCUT2D eigenvalue weighted by molar-refractivity contribution is 5.21. The van der Waals surface area contributed by atoms with E-state index in [0.717, 1.165) is 12.1 Å². The molecule has 1 aromatic carbocycles. The Morgan fingerprint density at radius 2 is 1.60 bits per heavy atom. The summed E-state index contributed by atoms with van der Waals surface area (Å²) in [5, 5.41) is 3.35. The van der Waals surface area contributed by atoms with E-state index in [9.17, 15) is 0 Å². The van der Waals surface area contributed by atoms with Crippen LogP contribution in [0.2, 0.25) is 0 Å². The van der Waals surface area contributed by atoms with Gasteiger partial charge in [0.25, 0.3) is 0 Å². The molecule has 0 aliphatic carbocycles. The lowest BCUT2D eigenvalue weighted by molar-refractivity contribution is 0.0953. The lowest BCUT2D eigenvalue weighted by Gasteiger charge is -2.39. The smallest absolute Gasteiger partial charge is 0.0351 e. The molecule has 20 heavy (non-hydrogen) atoms. The zero-order valence-electron chi connectivity index (χ0n) is 12.6. The number of hydrogen-bond acceptors (Lipinski definition) is 2. The van der Waals surface area contributed by atoms with Crippen molar-refractivity contribution in [2.75, 3.05) is 19.6 Å². The van der Waals surface area contributed by atoms with E-state index in [1.807, 2.05) is 0 Å². The highest BCUT2D eigenvalue weighted by atomic mass is 15.3. The standard InChI is InChI=1S/C12H15N.C6H13N/c1-2-4-10(5-3-1)12-7-6-11-8-9-13(11)12;1-2-4-6-7-5-3-1/h1-5,11-12H,6-9H2;7H,1-6H2. The van der Waals surface area contributed by atoms with Crippen molar-refractivity contribution in [1.29, 1.82) is 0 Å². The largest absolute Gasteiger partial charge is 0.317 e. The predicted molar refractivity (Wildman–Crippen MR) is 84.9 cm³/mol. The third kappa shape index (κ3) is 3.42. The molecule has 2 atom stereocenters. The second-order valence-corrected chi connectivity index (χ2v) is 6.35. The zero-order chi connectivity index (χ0) is 13.6. The minimum absolute atomic E-state index is 0.736. The summed E-state index contributed by atoms with van der Waals surface area (Å²) in [6.07, 6.45) is 9.87. The number of nitrogens with one attached hydrogen (secondary N) is 1. The van der Waals surface area contributed by atoms with Crippen LogP contribution >= 0.6 is 0 Å². The molecule has 3 aliphatic rings. The highest BCUT2D eigenvalue weighted by Crippen LogP contribution is 2.42. The summed E-state index contributed by atoms with van der Waals surface area (Å²) >= 11 is 0. The molecule has 3 saturated heterocycles. The number of fused-ring (bicyclic) bond motifs is 1. The van der Waals surface area contributed by atoms with Gasteiger partial charge in [-0.25, -0.2) is 0 Å². The van der Waals surface area contributed by atoms with Gasteiger partial charge in [-0.15, -0.1) is 0 Å². The summed E-state index contributed by atoms with van der Waals surface area (Å²) in [5.41, 5.74) is 1.52. The fourth-order valence-electron chi connectivity index (χ4n) is 3.71. The van der Waals surface area contributed by atoms with Crippen molar-refractivity contribution in [1.82, 2.24) is 10.2 Å². The van der Waals surface area contributed by atoms with Crippen LogP contribution < -0.4 is 5.32 Å². The fourth-order valence-corrected chi connectivity index (χ4v) is 3.71. The molecule has 0 radical (unpaired) electrons. The molecular formula is C18H28N2. The monoisotopic (exact) mass is 272 g/mol. The van der Waals surface area contributed by atoms with Crippen LogP contribution in [0.4, 0.5) is 0 Å². The van der Waals surface area contributed by atoms with E-state index in [1.54, 1.807) is 0 Å². The molecule has 0 bridgehead atoms. The summed E-state index contributed by atoms with van der Waals surface area (Å²) in [6.45, 7) is 3.82. The molecule has 0 aromatic heterocycles. The van der Waals surface area contributed by atoms with E-state index in [4.69, 9.17) is 0 Å². The molecule has 2 unspecified atom stereocenters. The minimum atomic E-state index is 0.736. The number of rotatable bonds is 1. The van der Waals surface area contributed by atoms with Crippen LogP contribution in [0.1, 0.15) is 56.6 Å². The number of nitrogens with zero attached hydrogens (tertiary/aromatic N) is 1. The molecule has 3 heterocycles. The third-order valence-corrected chi connectivity index (χ3v) is 5.00. The SMILES string of the molecule is C1CCCNCC1.c1ccc(C2CCC3CCN32)cc1. The van der Waals surface area contributed by atoms with Gasteiger partial charge < -0.3 is 5.32 Å². The Balaban J connectivity index is 0.000000147. The van der Waals surface area contributed by atoms with Gasteiger partial charge in [0.05, 0.1) is 0 Å². The molecule has 110 valence electrons. The van der Waals surface area contributed by atoms with E-state index in [0.29, 0.717) is 0 Å². The van der Waals surface area contributed by atoms with Crippen molar-refractivity contribution in [3.8, 4) is 0 Å². The van der Waals surface area contributed by atoms with Gasteiger partial charge in [-0.1, -0.05) is 43.2 Å². The maximum Gasteiger partial charge on any atom is 0.0351 e. The number of hydrogen-bond donors (Lipinski definition) is 1. The Labute approximate surface area is 123 Å². The molecule has 3 fully saturated rings. The Kier molecular flexibility index (Phi) is 5.10. The molecule has 0 amide bonds. The summed E-state index contributed by atoms with van der Waals surface area (Å²) in [4.78, 5) is 2.66. The van der Waals surface area contributed by atoms with Crippen LogP contribution in [0.15, 0.2) is 30.3 Å². The Morgan fingerprint density at radius 3 is 2.20 bits per heavy atom. The van der Waals surface area contributed by atoms with Crippen LogP contribution in [-0.2, 0) is 0 Å². The molecular weight excluding hydrogens is 244 g/mol. The van der Waals surface area contributed by atoms with E-state index in [1.165, 1.54) is 70.1 Å². The molecule has 1 aromatic rings. The topological polar surface area (TPSA) is 15.3 Å². The molecule has 3 aliphatic heterocycles. The van der Waals surface area contributed by atoms with Gasteiger partial charge >= 0.3 is 0 Å². The summed E-state index contributed by atoms with van der Waals surface area (Å²) in [6, 6.07) is 12.6. The first-order valence-corrected chi connectivity index (χ1v) is 8.46. The van der Waals surface area contributed by atoms with Crippen LogP contribution in [0.5, 0.6) is 0 Å². The molecule has 2 nitrogen and oxygen atoms in total. The van der Waals surface area contributed by atoms with E-state index in [2.05, 4.69) is 40.5 Å². The van der Waals surface area contributed by atoms with Gasteiger partial charge in [0, 0.05) is 18.6 Å². The van der Waals surface area contributed by atoms with Gasteiger partial charge in [0.1, 0.15) is 0 Å². The molecule has 0 spiro atoms. The van der Waals surface area contributed by atoms with E-state index >= 15 is 0 Å². The Hall–Kier alpha value is -0.860. The molecule has 0 saturated carbocycles. The fraction of sp³-hybridized carbons (Fsp3) is 0.667. The first kappa shape index (κ1) is 14.1. The second kappa shape index (κ2) is 7.24. The van der Waals surface area contributed by atoms with Crippen molar-refractivity contribution >= 4 is 0 Å². The lowest BCUT2D eigenvalue weighted by Crippen LogP contribution is -2.43. The van der Waals surface area contributed by atoms with Crippen molar-refractivity contribution in [3.05, 3.63) is 35.9 Å². The maximum absolute atomic E-state index is 3.35. The van der Waals surface area contributed by atoms with Crippen molar-refractivity contribution in [2.24, 2.45) is 0 Å². The van der Waals surface area contributed by atoms with Crippen molar-refractivity contribution in [3.63, 3.8) is 0 Å². The van der Waals surface area contributed by atoms with Gasteiger partial charge in [-0.05, 0) is 50.8 Å². The average Bonchev–Trinajstić information content (AvgIpc) is 2.69. The van der Waals surface area contributed by atoms with E-state index < -0.39 is 0 Å². The third-order valence-electron chi connectivity index (χ3n) is 5.00. The summed E-state index contributed by atoms with van der Waals surface area (Å²) < 4.78 is 0. The zero-order valence-corrected chi connectivity index (χ0v) is 12.6. The first-order valence-electron chi connectivity index (χ1n) is 8.46.